The minimum atomic E-state index is -1.19. The first-order chi connectivity index (χ1) is 9.73. The van der Waals surface area contributed by atoms with Gasteiger partial charge in [0.2, 0.25) is 0 Å². The molecule has 0 bridgehead atoms. The Morgan fingerprint density at radius 1 is 1.14 bits per heavy atom. The molecule has 5 heteroatoms. The molecule has 1 aliphatic heterocycles. The Hall–Kier alpha value is -1.55. The number of hydrogen-bond acceptors (Lipinski definition) is 4. The van der Waals surface area contributed by atoms with Crippen LogP contribution in [0.15, 0.2) is 18.2 Å². The van der Waals surface area contributed by atoms with Crippen molar-refractivity contribution in [3.63, 3.8) is 0 Å². The molecule has 4 nitrogen and oxygen atoms in total. The van der Waals surface area contributed by atoms with Crippen LogP contribution in [0.2, 0.25) is 5.02 Å². The number of aryl methyl sites for hydroxylation is 1. The van der Waals surface area contributed by atoms with Gasteiger partial charge in [0.05, 0.1) is 0 Å². The van der Waals surface area contributed by atoms with E-state index < -0.39 is 29.1 Å². The van der Waals surface area contributed by atoms with Gasteiger partial charge in [-0.3, -0.25) is 9.59 Å². The predicted octanol–water partition coefficient (Wildman–Crippen LogP) is 3.00. The fourth-order valence-electron chi connectivity index (χ4n) is 3.39. The number of esters is 2. The minimum Gasteiger partial charge on any atom is -0.422 e. The molecule has 1 fully saturated rings. The van der Waals surface area contributed by atoms with Crippen molar-refractivity contribution in [2.75, 3.05) is 0 Å². The van der Waals surface area contributed by atoms with Crippen LogP contribution >= 0.6 is 11.6 Å². The molecule has 21 heavy (non-hydrogen) atoms. The number of fused-ring (bicyclic) bond motifs is 1. The maximum absolute atomic E-state index is 12.3. The molecule has 0 spiro atoms. The predicted molar refractivity (Wildman–Crippen MR) is 76.9 cm³/mol. The Morgan fingerprint density at radius 2 is 1.76 bits per heavy atom. The SMILES string of the molecule is CC1(C)OC(=O)C([C@]2(C)CCc3cc(Cl)ccc32)C(=O)O1. The molecule has 0 saturated carbocycles. The third kappa shape index (κ3) is 2.22. The van der Waals surface area contributed by atoms with Crippen LogP contribution in [0, 0.1) is 5.92 Å². The molecule has 0 amide bonds. The Labute approximate surface area is 128 Å². The van der Waals surface area contributed by atoms with E-state index >= 15 is 0 Å². The first kappa shape index (κ1) is 14.4. The van der Waals surface area contributed by atoms with E-state index in [2.05, 4.69) is 0 Å². The molecule has 0 unspecified atom stereocenters. The summed E-state index contributed by atoms with van der Waals surface area (Å²) in [6.45, 7) is 5.03. The summed E-state index contributed by atoms with van der Waals surface area (Å²) in [6.07, 6.45) is 1.48. The third-order valence-electron chi connectivity index (χ3n) is 4.40. The lowest BCUT2D eigenvalue weighted by Gasteiger charge is -2.39. The van der Waals surface area contributed by atoms with Gasteiger partial charge in [-0.1, -0.05) is 24.6 Å². The second-order valence-electron chi connectivity index (χ2n) is 6.39. The van der Waals surface area contributed by atoms with Crippen LogP contribution in [0.25, 0.3) is 0 Å². The standard InChI is InChI=1S/C16H17ClO4/c1-15(2)20-13(18)12(14(19)21-15)16(3)7-6-9-8-10(17)4-5-11(9)16/h4-5,8,12H,6-7H2,1-3H3/t16-/m1/s1. The molecule has 112 valence electrons. The van der Waals surface area contributed by atoms with Gasteiger partial charge in [-0.25, -0.2) is 0 Å². The van der Waals surface area contributed by atoms with Crippen molar-refractivity contribution < 1.29 is 19.1 Å². The number of ether oxygens (including phenoxy) is 2. The van der Waals surface area contributed by atoms with Crippen LogP contribution in [-0.2, 0) is 30.9 Å². The van der Waals surface area contributed by atoms with Gasteiger partial charge < -0.3 is 9.47 Å². The summed E-state index contributed by atoms with van der Waals surface area (Å²) in [7, 11) is 0. The molecule has 1 aromatic carbocycles. The van der Waals surface area contributed by atoms with Gasteiger partial charge in [0.15, 0.2) is 5.92 Å². The van der Waals surface area contributed by atoms with Crippen molar-refractivity contribution in [2.45, 2.75) is 44.8 Å². The van der Waals surface area contributed by atoms with Crippen molar-refractivity contribution in [1.29, 1.82) is 0 Å². The van der Waals surface area contributed by atoms with Crippen molar-refractivity contribution in [3.05, 3.63) is 34.3 Å². The first-order valence-electron chi connectivity index (χ1n) is 6.97. The number of halogens is 1. The van der Waals surface area contributed by atoms with Crippen LogP contribution in [0.4, 0.5) is 0 Å². The average Bonchev–Trinajstić information content (AvgIpc) is 2.64. The molecule has 1 atom stereocenters. The monoisotopic (exact) mass is 308 g/mol. The van der Waals surface area contributed by atoms with Crippen LogP contribution in [0.3, 0.4) is 0 Å². The quantitative estimate of drug-likeness (QED) is 0.591. The van der Waals surface area contributed by atoms with Crippen molar-refractivity contribution in [1.82, 2.24) is 0 Å². The van der Waals surface area contributed by atoms with Gasteiger partial charge in [-0.2, -0.15) is 0 Å². The number of cyclic esters (lactones) is 2. The lowest BCUT2D eigenvalue weighted by molar-refractivity contribution is -0.243. The molecule has 1 saturated heterocycles. The van der Waals surface area contributed by atoms with Gasteiger partial charge in [-0.15, -0.1) is 0 Å². The zero-order valence-electron chi connectivity index (χ0n) is 12.2. The van der Waals surface area contributed by atoms with Crippen LogP contribution in [0.1, 0.15) is 38.3 Å². The smallest absolute Gasteiger partial charge is 0.324 e. The van der Waals surface area contributed by atoms with Crippen molar-refractivity contribution in [2.24, 2.45) is 5.92 Å². The number of benzene rings is 1. The van der Waals surface area contributed by atoms with Gasteiger partial charge in [0.1, 0.15) is 0 Å². The van der Waals surface area contributed by atoms with E-state index in [0.717, 1.165) is 17.5 Å². The van der Waals surface area contributed by atoms with Crippen LogP contribution in [-0.4, -0.2) is 17.7 Å². The first-order valence-corrected chi connectivity index (χ1v) is 7.35. The van der Waals surface area contributed by atoms with E-state index in [9.17, 15) is 9.59 Å². The molecule has 3 rings (SSSR count). The van der Waals surface area contributed by atoms with E-state index in [4.69, 9.17) is 21.1 Å². The highest BCUT2D eigenvalue weighted by atomic mass is 35.5. The molecule has 1 aromatic rings. The maximum atomic E-state index is 12.3. The highest BCUT2D eigenvalue weighted by Crippen LogP contribution is 2.47. The second kappa shape index (κ2) is 4.47. The normalized spacial score (nSPS) is 28.0. The number of carbonyl (C=O) groups excluding carboxylic acids is 2. The summed E-state index contributed by atoms with van der Waals surface area (Å²) >= 11 is 6.01. The summed E-state index contributed by atoms with van der Waals surface area (Å²) in [5, 5.41) is 0.660. The molecule has 0 N–H and O–H groups in total. The lowest BCUT2D eigenvalue weighted by Crippen LogP contribution is -2.52. The van der Waals surface area contributed by atoms with Crippen molar-refractivity contribution >= 4 is 23.5 Å². The number of hydrogen-bond donors (Lipinski definition) is 0. The molecule has 0 radical (unpaired) electrons. The molecular formula is C16H17ClO4. The zero-order valence-corrected chi connectivity index (χ0v) is 13.0. The van der Waals surface area contributed by atoms with E-state index in [0.29, 0.717) is 11.4 Å². The Kier molecular flexibility index (Phi) is 3.06. The highest BCUT2D eigenvalue weighted by Gasteiger charge is 2.55. The molecular weight excluding hydrogens is 292 g/mol. The molecule has 1 heterocycles. The Bertz CT molecular complexity index is 617. The number of carbonyl (C=O) groups is 2. The van der Waals surface area contributed by atoms with Gasteiger partial charge in [0.25, 0.3) is 5.79 Å². The topological polar surface area (TPSA) is 52.6 Å². The van der Waals surface area contributed by atoms with Gasteiger partial charge in [-0.05, 0) is 36.1 Å². The maximum Gasteiger partial charge on any atom is 0.324 e. The van der Waals surface area contributed by atoms with E-state index in [1.165, 1.54) is 0 Å². The summed E-state index contributed by atoms with van der Waals surface area (Å²) in [5.74, 6) is -3.14. The van der Waals surface area contributed by atoms with Crippen LogP contribution < -0.4 is 0 Å². The van der Waals surface area contributed by atoms with Crippen LogP contribution in [0.5, 0.6) is 0 Å². The molecule has 0 aromatic heterocycles. The fourth-order valence-corrected chi connectivity index (χ4v) is 3.59. The summed E-state index contributed by atoms with van der Waals surface area (Å²) in [4.78, 5) is 24.7. The van der Waals surface area contributed by atoms with E-state index in [1.807, 2.05) is 19.1 Å². The lowest BCUT2D eigenvalue weighted by atomic mass is 9.72. The summed E-state index contributed by atoms with van der Waals surface area (Å²) in [5.41, 5.74) is 1.45. The van der Waals surface area contributed by atoms with Gasteiger partial charge >= 0.3 is 11.9 Å². The summed E-state index contributed by atoms with van der Waals surface area (Å²) in [6, 6.07) is 5.57. The van der Waals surface area contributed by atoms with Crippen molar-refractivity contribution in [3.8, 4) is 0 Å². The molecule has 2 aliphatic rings. The summed E-state index contributed by atoms with van der Waals surface area (Å²) < 4.78 is 10.5. The van der Waals surface area contributed by atoms with Gasteiger partial charge in [0, 0.05) is 24.3 Å². The minimum absolute atomic E-state index is 0.512. The third-order valence-corrected chi connectivity index (χ3v) is 4.63. The van der Waals surface area contributed by atoms with E-state index in [-0.39, 0.29) is 0 Å². The number of rotatable bonds is 1. The second-order valence-corrected chi connectivity index (χ2v) is 6.83. The largest absolute Gasteiger partial charge is 0.422 e. The van der Waals surface area contributed by atoms with E-state index in [1.54, 1.807) is 19.9 Å². The Morgan fingerprint density at radius 3 is 2.38 bits per heavy atom. The average molecular weight is 309 g/mol. The molecule has 1 aliphatic carbocycles. The zero-order chi connectivity index (χ0) is 15.4. The fraction of sp³-hybridized carbons (Fsp3) is 0.500. The Balaban J connectivity index is 2.02. The highest BCUT2D eigenvalue weighted by molar-refractivity contribution is 6.30.